The van der Waals surface area contributed by atoms with Crippen LogP contribution >= 0.6 is 15.9 Å². The molecule has 3 nitrogen and oxygen atoms in total. The Hall–Kier alpha value is -0.870. The molecule has 0 fully saturated rings. The SMILES string of the molecule is Cc1cc2nc3c(n2cc1Br)C(C)OC(C)C3. The molecule has 0 bridgehead atoms. The summed E-state index contributed by atoms with van der Waals surface area (Å²) < 4.78 is 9.12. The van der Waals surface area contributed by atoms with Crippen molar-refractivity contribution in [3.05, 3.63) is 33.7 Å². The normalized spacial score (nSPS) is 24.0. The van der Waals surface area contributed by atoms with Gasteiger partial charge in [-0.1, -0.05) is 0 Å². The molecule has 3 rings (SSSR count). The topological polar surface area (TPSA) is 26.5 Å². The molecule has 2 atom stereocenters. The first-order valence-electron chi connectivity index (χ1n) is 5.88. The lowest BCUT2D eigenvalue weighted by molar-refractivity contribution is -0.00833. The van der Waals surface area contributed by atoms with Crippen LogP contribution in [-0.4, -0.2) is 15.5 Å². The van der Waals surface area contributed by atoms with Crippen LogP contribution in [0.1, 0.15) is 36.9 Å². The minimum absolute atomic E-state index is 0.110. The van der Waals surface area contributed by atoms with E-state index < -0.39 is 0 Å². The fourth-order valence-corrected chi connectivity index (χ4v) is 2.86. The van der Waals surface area contributed by atoms with E-state index in [-0.39, 0.29) is 12.2 Å². The molecule has 90 valence electrons. The van der Waals surface area contributed by atoms with Gasteiger partial charge in [-0.05, 0) is 48.3 Å². The highest BCUT2D eigenvalue weighted by atomic mass is 79.9. The predicted molar refractivity (Wildman–Crippen MR) is 70.3 cm³/mol. The van der Waals surface area contributed by atoms with E-state index in [4.69, 9.17) is 9.72 Å². The van der Waals surface area contributed by atoms with Crippen molar-refractivity contribution in [3.63, 3.8) is 0 Å². The third-order valence-electron chi connectivity index (χ3n) is 3.32. The number of fused-ring (bicyclic) bond motifs is 3. The second-order valence-electron chi connectivity index (χ2n) is 4.77. The molecule has 0 radical (unpaired) electrons. The minimum atomic E-state index is 0.110. The smallest absolute Gasteiger partial charge is 0.137 e. The Morgan fingerprint density at radius 1 is 1.47 bits per heavy atom. The predicted octanol–water partition coefficient (Wildman–Crippen LogP) is 3.43. The van der Waals surface area contributed by atoms with Gasteiger partial charge in [-0.2, -0.15) is 0 Å². The molecule has 2 aromatic heterocycles. The molecule has 2 aromatic rings. The monoisotopic (exact) mass is 294 g/mol. The highest BCUT2D eigenvalue weighted by molar-refractivity contribution is 9.10. The van der Waals surface area contributed by atoms with Gasteiger partial charge in [-0.25, -0.2) is 4.98 Å². The van der Waals surface area contributed by atoms with Crippen LogP contribution in [0.4, 0.5) is 0 Å². The molecule has 0 saturated carbocycles. The average molecular weight is 295 g/mol. The van der Waals surface area contributed by atoms with Gasteiger partial charge in [0.1, 0.15) is 5.65 Å². The van der Waals surface area contributed by atoms with E-state index in [0.717, 1.165) is 16.5 Å². The minimum Gasteiger partial charge on any atom is -0.369 e. The zero-order chi connectivity index (χ0) is 12.2. The molecule has 1 aliphatic rings. The van der Waals surface area contributed by atoms with Gasteiger partial charge in [-0.3, -0.25) is 4.40 Å². The summed E-state index contributed by atoms with van der Waals surface area (Å²) in [6, 6.07) is 2.11. The Morgan fingerprint density at radius 3 is 3.00 bits per heavy atom. The van der Waals surface area contributed by atoms with Crippen molar-refractivity contribution in [2.45, 2.75) is 39.4 Å². The third-order valence-corrected chi connectivity index (χ3v) is 4.15. The summed E-state index contributed by atoms with van der Waals surface area (Å²) >= 11 is 3.57. The molecule has 0 N–H and O–H groups in total. The fourth-order valence-electron chi connectivity index (χ4n) is 2.54. The molecule has 3 heterocycles. The van der Waals surface area contributed by atoms with Crippen LogP contribution in [0.25, 0.3) is 5.65 Å². The van der Waals surface area contributed by atoms with Gasteiger partial charge >= 0.3 is 0 Å². The highest BCUT2D eigenvalue weighted by Gasteiger charge is 2.27. The Labute approximate surface area is 109 Å². The number of hydrogen-bond donors (Lipinski definition) is 0. The van der Waals surface area contributed by atoms with E-state index in [1.165, 1.54) is 17.0 Å². The Bertz CT molecular complexity index is 591. The van der Waals surface area contributed by atoms with Crippen LogP contribution in [0.3, 0.4) is 0 Å². The Morgan fingerprint density at radius 2 is 2.24 bits per heavy atom. The first-order valence-corrected chi connectivity index (χ1v) is 6.68. The van der Waals surface area contributed by atoms with Crippen molar-refractivity contribution in [2.75, 3.05) is 0 Å². The summed E-state index contributed by atoms with van der Waals surface area (Å²) in [5.41, 5.74) is 4.59. The van der Waals surface area contributed by atoms with Crippen LogP contribution in [0.15, 0.2) is 16.7 Å². The molecule has 17 heavy (non-hydrogen) atoms. The molecule has 1 aliphatic heterocycles. The van der Waals surface area contributed by atoms with E-state index >= 15 is 0 Å². The second kappa shape index (κ2) is 3.82. The van der Waals surface area contributed by atoms with Gasteiger partial charge in [0.2, 0.25) is 0 Å². The standard InChI is InChI=1S/C13H15BrN2O/c1-7-4-12-15-11-5-8(2)17-9(3)13(11)16(12)6-10(7)14/h4,6,8-9H,5H2,1-3H3. The van der Waals surface area contributed by atoms with E-state index in [2.05, 4.69) is 53.4 Å². The Balaban J connectivity index is 2.29. The van der Waals surface area contributed by atoms with Gasteiger partial charge in [0.15, 0.2) is 0 Å². The molecular formula is C13H15BrN2O. The maximum Gasteiger partial charge on any atom is 0.137 e. The lowest BCUT2D eigenvalue weighted by Crippen LogP contribution is -2.22. The van der Waals surface area contributed by atoms with Crippen LogP contribution in [-0.2, 0) is 11.2 Å². The summed E-state index contributed by atoms with van der Waals surface area (Å²) in [6.45, 7) is 6.28. The number of imidazole rings is 1. The van der Waals surface area contributed by atoms with Crippen molar-refractivity contribution in [1.29, 1.82) is 0 Å². The molecule has 0 aliphatic carbocycles. The number of ether oxygens (including phenoxy) is 1. The summed E-state index contributed by atoms with van der Waals surface area (Å²) in [5.74, 6) is 0. The lowest BCUT2D eigenvalue weighted by atomic mass is 10.1. The van der Waals surface area contributed by atoms with Gasteiger partial charge in [0.05, 0.1) is 23.6 Å². The molecule has 0 saturated heterocycles. The maximum absolute atomic E-state index is 5.87. The summed E-state index contributed by atoms with van der Waals surface area (Å²) in [5, 5.41) is 0. The first-order chi connectivity index (χ1) is 8.06. The number of halogens is 1. The number of rotatable bonds is 0. The maximum atomic E-state index is 5.87. The Kier molecular flexibility index (Phi) is 2.52. The summed E-state index contributed by atoms with van der Waals surface area (Å²) in [7, 11) is 0. The van der Waals surface area contributed by atoms with E-state index in [9.17, 15) is 0 Å². The van der Waals surface area contributed by atoms with E-state index in [1.54, 1.807) is 0 Å². The number of aryl methyl sites for hydroxylation is 1. The van der Waals surface area contributed by atoms with E-state index in [1.807, 2.05) is 0 Å². The molecule has 0 amide bonds. The summed E-state index contributed by atoms with van der Waals surface area (Å²) in [6.07, 6.45) is 3.36. The number of nitrogens with zero attached hydrogens (tertiary/aromatic N) is 2. The largest absolute Gasteiger partial charge is 0.369 e. The van der Waals surface area contributed by atoms with Gasteiger partial charge in [0.25, 0.3) is 0 Å². The lowest BCUT2D eigenvalue weighted by Gasteiger charge is -2.25. The molecule has 2 unspecified atom stereocenters. The van der Waals surface area contributed by atoms with Gasteiger partial charge in [-0.15, -0.1) is 0 Å². The van der Waals surface area contributed by atoms with Gasteiger partial charge < -0.3 is 4.74 Å². The molecule has 0 aromatic carbocycles. The van der Waals surface area contributed by atoms with Crippen molar-refractivity contribution in [2.24, 2.45) is 0 Å². The highest BCUT2D eigenvalue weighted by Crippen LogP contribution is 2.31. The van der Waals surface area contributed by atoms with Gasteiger partial charge in [0, 0.05) is 17.1 Å². The summed E-state index contributed by atoms with van der Waals surface area (Å²) in [4.78, 5) is 4.72. The average Bonchev–Trinajstić information content (AvgIpc) is 2.56. The third kappa shape index (κ3) is 1.70. The quantitative estimate of drug-likeness (QED) is 0.744. The van der Waals surface area contributed by atoms with Crippen LogP contribution in [0, 0.1) is 6.92 Å². The van der Waals surface area contributed by atoms with Crippen LogP contribution in [0.5, 0.6) is 0 Å². The zero-order valence-electron chi connectivity index (χ0n) is 10.2. The number of hydrogen-bond acceptors (Lipinski definition) is 2. The van der Waals surface area contributed by atoms with Crippen LogP contribution < -0.4 is 0 Å². The zero-order valence-corrected chi connectivity index (χ0v) is 11.8. The molecule has 0 spiro atoms. The number of pyridine rings is 1. The molecular weight excluding hydrogens is 280 g/mol. The second-order valence-corrected chi connectivity index (χ2v) is 5.62. The van der Waals surface area contributed by atoms with Crippen molar-refractivity contribution in [3.8, 4) is 0 Å². The van der Waals surface area contributed by atoms with Crippen molar-refractivity contribution in [1.82, 2.24) is 9.38 Å². The van der Waals surface area contributed by atoms with E-state index in [0.29, 0.717) is 0 Å². The number of aromatic nitrogens is 2. The van der Waals surface area contributed by atoms with Crippen LogP contribution in [0.2, 0.25) is 0 Å². The van der Waals surface area contributed by atoms with Crippen molar-refractivity contribution >= 4 is 21.6 Å². The molecule has 4 heteroatoms. The van der Waals surface area contributed by atoms with Crippen molar-refractivity contribution < 1.29 is 4.74 Å². The fraction of sp³-hybridized carbons (Fsp3) is 0.462. The first kappa shape index (κ1) is 11.2.